The number of hydrogen-bond donors (Lipinski definition) is 1. The second kappa shape index (κ2) is 2.52. The van der Waals surface area contributed by atoms with E-state index in [0.717, 1.165) is 12.1 Å². The SMILES string of the molecule is FC(F)(F)c1ccc2[nH]c[c]c2c1. The Hall–Kier alpha value is -1.45. The zero-order valence-electron chi connectivity index (χ0n) is 6.44. The largest absolute Gasteiger partial charge is 0.416 e. The lowest BCUT2D eigenvalue weighted by Gasteiger charge is -2.05. The van der Waals surface area contributed by atoms with E-state index >= 15 is 0 Å². The third kappa shape index (κ3) is 1.39. The molecular formula is C9H5F3N. The molecule has 67 valence electrons. The molecule has 0 atom stereocenters. The Kier molecular flexibility index (Phi) is 1.58. The van der Waals surface area contributed by atoms with E-state index in [2.05, 4.69) is 11.1 Å². The Morgan fingerprint density at radius 1 is 1.23 bits per heavy atom. The molecular weight excluding hydrogens is 179 g/mol. The van der Waals surface area contributed by atoms with Crippen LogP contribution in [0.4, 0.5) is 13.2 Å². The van der Waals surface area contributed by atoms with Crippen LogP contribution >= 0.6 is 0 Å². The maximum atomic E-state index is 12.2. The van der Waals surface area contributed by atoms with Crippen molar-refractivity contribution in [1.82, 2.24) is 4.98 Å². The van der Waals surface area contributed by atoms with Crippen LogP contribution in [0.25, 0.3) is 10.9 Å². The van der Waals surface area contributed by atoms with Crippen LogP contribution < -0.4 is 0 Å². The van der Waals surface area contributed by atoms with Crippen molar-refractivity contribution in [2.45, 2.75) is 6.18 Å². The van der Waals surface area contributed by atoms with E-state index in [1.807, 2.05) is 0 Å². The zero-order chi connectivity index (χ0) is 9.47. The van der Waals surface area contributed by atoms with Gasteiger partial charge in [0.05, 0.1) is 5.56 Å². The van der Waals surface area contributed by atoms with Crippen molar-refractivity contribution in [3.8, 4) is 0 Å². The summed E-state index contributed by atoms with van der Waals surface area (Å²) < 4.78 is 36.6. The molecule has 0 saturated heterocycles. The van der Waals surface area contributed by atoms with E-state index in [0.29, 0.717) is 10.9 Å². The topological polar surface area (TPSA) is 15.8 Å². The Morgan fingerprint density at radius 3 is 2.69 bits per heavy atom. The van der Waals surface area contributed by atoms with Crippen LogP contribution in [-0.4, -0.2) is 4.98 Å². The van der Waals surface area contributed by atoms with Gasteiger partial charge in [-0.2, -0.15) is 13.2 Å². The van der Waals surface area contributed by atoms with Crippen molar-refractivity contribution in [2.75, 3.05) is 0 Å². The summed E-state index contributed by atoms with van der Waals surface area (Å²) in [5.41, 5.74) is 0.0175. The molecule has 0 bridgehead atoms. The van der Waals surface area contributed by atoms with Crippen LogP contribution in [-0.2, 0) is 6.18 Å². The van der Waals surface area contributed by atoms with E-state index < -0.39 is 11.7 Å². The van der Waals surface area contributed by atoms with Gasteiger partial charge >= 0.3 is 6.18 Å². The summed E-state index contributed by atoms with van der Waals surface area (Å²) in [7, 11) is 0. The summed E-state index contributed by atoms with van der Waals surface area (Å²) in [4.78, 5) is 2.78. The fourth-order valence-corrected chi connectivity index (χ4v) is 1.16. The molecule has 0 aliphatic heterocycles. The number of nitrogens with one attached hydrogen (secondary N) is 1. The van der Waals surface area contributed by atoms with Crippen molar-refractivity contribution in [2.24, 2.45) is 0 Å². The van der Waals surface area contributed by atoms with Gasteiger partial charge in [-0.3, -0.25) is 0 Å². The number of aromatic amines is 1. The number of hydrogen-bond acceptors (Lipinski definition) is 0. The fraction of sp³-hybridized carbons (Fsp3) is 0.111. The fourth-order valence-electron chi connectivity index (χ4n) is 1.16. The van der Waals surface area contributed by atoms with Gasteiger partial charge in [0.2, 0.25) is 0 Å². The van der Waals surface area contributed by atoms with E-state index in [-0.39, 0.29) is 0 Å². The second-order valence-electron chi connectivity index (χ2n) is 2.69. The summed E-state index contributed by atoms with van der Waals surface area (Å²) in [5.74, 6) is 0. The molecule has 1 aromatic carbocycles. The molecule has 1 heterocycles. The van der Waals surface area contributed by atoms with Crippen LogP contribution in [0.5, 0.6) is 0 Å². The highest BCUT2D eigenvalue weighted by Gasteiger charge is 2.30. The second-order valence-corrected chi connectivity index (χ2v) is 2.69. The monoisotopic (exact) mass is 184 g/mol. The van der Waals surface area contributed by atoms with E-state index in [1.165, 1.54) is 12.3 Å². The van der Waals surface area contributed by atoms with Gasteiger partial charge in [-0.1, -0.05) is 0 Å². The maximum Gasteiger partial charge on any atom is 0.416 e. The lowest BCUT2D eigenvalue weighted by Crippen LogP contribution is -2.03. The molecule has 4 heteroatoms. The highest BCUT2D eigenvalue weighted by Crippen LogP contribution is 2.30. The Bertz CT molecular complexity index is 428. The quantitative estimate of drug-likeness (QED) is 0.647. The minimum atomic E-state index is -4.28. The van der Waals surface area contributed by atoms with Crippen molar-refractivity contribution in [1.29, 1.82) is 0 Å². The first-order valence-electron chi connectivity index (χ1n) is 3.63. The van der Waals surface area contributed by atoms with E-state index in [1.54, 1.807) is 0 Å². The van der Waals surface area contributed by atoms with Gasteiger partial charge in [-0.25, -0.2) is 0 Å². The molecule has 0 saturated carbocycles. The molecule has 0 aliphatic rings. The molecule has 2 rings (SSSR count). The molecule has 1 aromatic heterocycles. The number of fused-ring (bicyclic) bond motifs is 1. The van der Waals surface area contributed by atoms with Gasteiger partial charge in [0.25, 0.3) is 0 Å². The van der Waals surface area contributed by atoms with Crippen LogP contribution in [0.2, 0.25) is 0 Å². The lowest BCUT2D eigenvalue weighted by atomic mass is 10.1. The predicted molar refractivity (Wildman–Crippen MR) is 42.1 cm³/mol. The standard InChI is InChI=1S/C9H5F3N/c10-9(11,12)7-1-2-8-6(5-7)3-4-13-8/h1-2,4-5,13H. The number of aromatic nitrogens is 1. The van der Waals surface area contributed by atoms with Gasteiger partial charge in [-0.05, 0) is 18.2 Å². The highest BCUT2D eigenvalue weighted by molar-refractivity contribution is 5.79. The molecule has 0 spiro atoms. The third-order valence-electron chi connectivity index (χ3n) is 1.80. The summed E-state index contributed by atoms with van der Waals surface area (Å²) in [5, 5.41) is 0.454. The summed E-state index contributed by atoms with van der Waals surface area (Å²) in [6, 6.07) is 6.20. The van der Waals surface area contributed by atoms with Gasteiger partial charge < -0.3 is 4.98 Å². The van der Waals surface area contributed by atoms with Crippen molar-refractivity contribution in [3.05, 3.63) is 36.0 Å². The normalized spacial score (nSPS) is 12.2. The number of alkyl halides is 3. The van der Waals surface area contributed by atoms with Crippen molar-refractivity contribution >= 4 is 10.9 Å². The molecule has 2 aromatic rings. The average molecular weight is 184 g/mol. The smallest absolute Gasteiger partial charge is 0.361 e. The zero-order valence-corrected chi connectivity index (χ0v) is 6.44. The van der Waals surface area contributed by atoms with E-state index in [4.69, 9.17) is 0 Å². The minimum absolute atomic E-state index is 0.454. The number of rotatable bonds is 0. The van der Waals surface area contributed by atoms with Crippen LogP contribution in [0.15, 0.2) is 24.4 Å². The Labute approximate surface area is 72.2 Å². The first-order chi connectivity index (χ1) is 6.07. The lowest BCUT2D eigenvalue weighted by molar-refractivity contribution is -0.137. The van der Waals surface area contributed by atoms with Crippen LogP contribution in [0.1, 0.15) is 5.56 Å². The highest BCUT2D eigenvalue weighted by atomic mass is 19.4. The average Bonchev–Trinajstić information content (AvgIpc) is 2.47. The Morgan fingerprint density at radius 2 is 2.00 bits per heavy atom. The first kappa shape index (κ1) is 8.16. The molecule has 1 nitrogen and oxygen atoms in total. The van der Waals surface area contributed by atoms with Crippen LogP contribution in [0, 0.1) is 6.07 Å². The molecule has 0 unspecified atom stereocenters. The molecule has 13 heavy (non-hydrogen) atoms. The minimum Gasteiger partial charge on any atom is -0.361 e. The van der Waals surface area contributed by atoms with Crippen molar-refractivity contribution < 1.29 is 13.2 Å². The van der Waals surface area contributed by atoms with Crippen LogP contribution in [0.3, 0.4) is 0 Å². The van der Waals surface area contributed by atoms with Gasteiger partial charge in [0.1, 0.15) is 0 Å². The van der Waals surface area contributed by atoms with Gasteiger partial charge in [0, 0.05) is 23.2 Å². The summed E-state index contributed by atoms with van der Waals surface area (Å²) in [6.07, 6.45) is -2.79. The van der Waals surface area contributed by atoms with Gasteiger partial charge in [-0.15, -0.1) is 0 Å². The predicted octanol–water partition coefficient (Wildman–Crippen LogP) is 2.99. The maximum absolute atomic E-state index is 12.2. The molecule has 1 radical (unpaired) electrons. The number of halogens is 3. The number of H-pyrrole nitrogens is 1. The molecule has 1 N–H and O–H groups in total. The third-order valence-corrected chi connectivity index (χ3v) is 1.80. The van der Waals surface area contributed by atoms with Crippen molar-refractivity contribution in [3.63, 3.8) is 0 Å². The number of benzene rings is 1. The van der Waals surface area contributed by atoms with E-state index in [9.17, 15) is 13.2 Å². The molecule has 0 fully saturated rings. The summed E-state index contributed by atoms with van der Waals surface area (Å²) >= 11 is 0. The van der Waals surface area contributed by atoms with Gasteiger partial charge in [0.15, 0.2) is 0 Å². The molecule has 0 aliphatic carbocycles. The Balaban J connectivity index is 2.61. The molecule has 0 amide bonds. The summed E-state index contributed by atoms with van der Waals surface area (Å²) in [6.45, 7) is 0. The first-order valence-corrected chi connectivity index (χ1v) is 3.63.